The van der Waals surface area contributed by atoms with Crippen LogP contribution in [0.2, 0.25) is 0 Å². The minimum atomic E-state index is -0.271. The first-order chi connectivity index (χ1) is 19.5. The Bertz CT molecular complexity index is 1680. The van der Waals surface area contributed by atoms with Crippen molar-refractivity contribution < 1.29 is 9.53 Å². The number of rotatable bonds is 7. The molecule has 40 heavy (non-hydrogen) atoms. The minimum Gasteiger partial charge on any atom is -0.483 e. The van der Waals surface area contributed by atoms with Crippen molar-refractivity contribution in [2.75, 3.05) is 5.32 Å². The van der Waals surface area contributed by atoms with E-state index in [1.807, 2.05) is 86.6 Å². The molecule has 1 aromatic heterocycles. The molecule has 0 aliphatic carbocycles. The minimum absolute atomic E-state index is 0.0845. The number of carbonyl (C=O) groups is 1. The van der Waals surface area contributed by atoms with Crippen LogP contribution < -0.4 is 10.1 Å². The van der Waals surface area contributed by atoms with Crippen LogP contribution in [0.15, 0.2) is 103 Å². The van der Waals surface area contributed by atoms with E-state index in [1.54, 1.807) is 0 Å². The van der Waals surface area contributed by atoms with E-state index < -0.39 is 0 Å². The Labute approximate surface area is 232 Å². The van der Waals surface area contributed by atoms with Crippen molar-refractivity contribution >= 4 is 11.6 Å². The molecule has 2 atom stereocenters. The van der Waals surface area contributed by atoms with Crippen molar-refractivity contribution in [1.82, 2.24) is 20.6 Å². The summed E-state index contributed by atoms with van der Waals surface area (Å²) in [6.07, 6.45) is -0.0158. The van der Waals surface area contributed by atoms with Crippen molar-refractivity contribution in [1.29, 1.82) is 0 Å². The molecule has 0 saturated carbocycles. The lowest BCUT2D eigenvalue weighted by atomic mass is 9.84. The SMILES string of the molecule is C=C(C)[C@H]1Oc2c(NC(=O)Cc3ccc(C)cc3)cc(-c3ccccc3-c3nn[nH]n3)cc2[C@@H]1c1ccccc1. The maximum absolute atomic E-state index is 13.3. The lowest BCUT2D eigenvalue weighted by Gasteiger charge is -2.19. The summed E-state index contributed by atoms with van der Waals surface area (Å²) in [4.78, 5) is 13.3. The predicted molar refractivity (Wildman–Crippen MR) is 156 cm³/mol. The van der Waals surface area contributed by atoms with Gasteiger partial charge in [0.05, 0.1) is 18.0 Å². The lowest BCUT2D eigenvalue weighted by Crippen LogP contribution is -2.20. The predicted octanol–water partition coefficient (Wildman–Crippen LogP) is 6.49. The third-order valence-corrected chi connectivity index (χ3v) is 7.23. The third-order valence-electron chi connectivity index (χ3n) is 7.23. The van der Waals surface area contributed by atoms with Gasteiger partial charge in [-0.2, -0.15) is 5.21 Å². The van der Waals surface area contributed by atoms with Crippen LogP contribution >= 0.6 is 0 Å². The van der Waals surface area contributed by atoms with Crippen LogP contribution in [0.5, 0.6) is 5.75 Å². The van der Waals surface area contributed by atoms with Gasteiger partial charge in [0.25, 0.3) is 0 Å². The van der Waals surface area contributed by atoms with E-state index in [-0.39, 0.29) is 24.3 Å². The van der Waals surface area contributed by atoms with Crippen LogP contribution in [0.1, 0.15) is 35.1 Å². The summed E-state index contributed by atoms with van der Waals surface area (Å²) >= 11 is 0. The Morgan fingerprint density at radius 3 is 2.40 bits per heavy atom. The number of nitrogens with one attached hydrogen (secondary N) is 2. The fourth-order valence-corrected chi connectivity index (χ4v) is 5.31. The third kappa shape index (κ3) is 4.89. The van der Waals surface area contributed by atoms with Crippen LogP contribution in [0.3, 0.4) is 0 Å². The number of tetrazole rings is 1. The van der Waals surface area contributed by atoms with Crippen molar-refractivity contribution in [3.63, 3.8) is 0 Å². The van der Waals surface area contributed by atoms with E-state index in [0.29, 0.717) is 17.3 Å². The average molecular weight is 528 g/mol. The summed E-state index contributed by atoms with van der Waals surface area (Å²) in [6, 6.07) is 30.3. The van der Waals surface area contributed by atoms with Crippen LogP contribution in [0, 0.1) is 6.92 Å². The first kappa shape index (κ1) is 25.2. The van der Waals surface area contributed by atoms with Gasteiger partial charge in [0, 0.05) is 11.1 Å². The highest BCUT2D eigenvalue weighted by Crippen LogP contribution is 2.50. The number of ether oxygens (including phenoxy) is 1. The summed E-state index contributed by atoms with van der Waals surface area (Å²) in [5, 5.41) is 17.9. The highest BCUT2D eigenvalue weighted by molar-refractivity contribution is 5.96. The lowest BCUT2D eigenvalue weighted by molar-refractivity contribution is -0.115. The van der Waals surface area contributed by atoms with Crippen molar-refractivity contribution in [3.8, 4) is 28.3 Å². The fourth-order valence-electron chi connectivity index (χ4n) is 5.31. The summed E-state index contributed by atoms with van der Waals surface area (Å²) in [7, 11) is 0. The zero-order valence-corrected chi connectivity index (χ0v) is 22.4. The van der Waals surface area contributed by atoms with Crippen molar-refractivity contribution in [3.05, 3.63) is 125 Å². The molecule has 0 radical (unpaired) electrons. The molecule has 1 amide bonds. The van der Waals surface area contributed by atoms with Crippen molar-refractivity contribution in [2.45, 2.75) is 32.3 Å². The number of hydrogen-bond donors (Lipinski definition) is 2. The number of amides is 1. The normalized spacial score (nSPS) is 15.8. The van der Waals surface area contributed by atoms with Crippen LogP contribution in [0.25, 0.3) is 22.5 Å². The Morgan fingerprint density at radius 2 is 1.70 bits per heavy atom. The first-order valence-electron chi connectivity index (χ1n) is 13.2. The Hall–Kier alpha value is -5.04. The number of aryl methyl sites for hydroxylation is 1. The number of fused-ring (bicyclic) bond motifs is 1. The number of aromatic nitrogens is 4. The highest BCUT2D eigenvalue weighted by Gasteiger charge is 2.38. The molecule has 2 heterocycles. The van der Waals surface area contributed by atoms with Gasteiger partial charge in [-0.3, -0.25) is 4.79 Å². The molecule has 7 heteroatoms. The van der Waals surface area contributed by atoms with Gasteiger partial charge in [-0.1, -0.05) is 91.0 Å². The van der Waals surface area contributed by atoms with Gasteiger partial charge in [0.1, 0.15) is 11.9 Å². The second-order valence-electron chi connectivity index (χ2n) is 10.2. The van der Waals surface area contributed by atoms with Crippen molar-refractivity contribution in [2.24, 2.45) is 0 Å². The molecular formula is C33H29N5O2. The van der Waals surface area contributed by atoms with Crippen LogP contribution in [0.4, 0.5) is 5.69 Å². The van der Waals surface area contributed by atoms with Gasteiger partial charge in [-0.25, -0.2) is 0 Å². The Morgan fingerprint density at radius 1 is 0.975 bits per heavy atom. The zero-order chi connectivity index (χ0) is 27.6. The number of benzene rings is 4. The molecule has 7 nitrogen and oxygen atoms in total. The number of anilines is 1. The maximum atomic E-state index is 13.3. The van der Waals surface area contributed by atoms with E-state index in [4.69, 9.17) is 4.74 Å². The molecular weight excluding hydrogens is 498 g/mol. The van der Waals surface area contributed by atoms with Gasteiger partial charge in [0.2, 0.25) is 11.7 Å². The van der Waals surface area contributed by atoms with E-state index in [2.05, 4.69) is 50.7 Å². The molecule has 0 fully saturated rings. The van der Waals surface area contributed by atoms with Gasteiger partial charge < -0.3 is 10.1 Å². The Kier molecular flexibility index (Phi) is 6.70. The molecule has 0 saturated heterocycles. The van der Waals surface area contributed by atoms with E-state index in [0.717, 1.165) is 44.5 Å². The van der Waals surface area contributed by atoms with Gasteiger partial charge >= 0.3 is 0 Å². The van der Waals surface area contributed by atoms with Gasteiger partial charge in [-0.05, 0) is 59.0 Å². The van der Waals surface area contributed by atoms with E-state index in [1.165, 1.54) is 0 Å². The van der Waals surface area contributed by atoms with Crippen LogP contribution in [-0.2, 0) is 11.2 Å². The fraction of sp³-hybridized carbons (Fsp3) is 0.152. The second-order valence-corrected chi connectivity index (χ2v) is 10.2. The smallest absolute Gasteiger partial charge is 0.228 e. The first-order valence-corrected chi connectivity index (χ1v) is 13.2. The van der Waals surface area contributed by atoms with Crippen LogP contribution in [-0.4, -0.2) is 32.6 Å². The molecule has 0 bridgehead atoms. The summed E-state index contributed by atoms with van der Waals surface area (Å²) in [5.74, 6) is 0.962. The number of H-pyrrole nitrogens is 1. The second kappa shape index (κ2) is 10.6. The van der Waals surface area contributed by atoms with E-state index >= 15 is 0 Å². The molecule has 0 unspecified atom stereocenters. The summed E-state index contributed by atoms with van der Waals surface area (Å²) in [6.45, 7) is 8.25. The molecule has 5 aromatic rings. The zero-order valence-electron chi connectivity index (χ0n) is 22.4. The quantitative estimate of drug-likeness (QED) is 0.236. The molecule has 198 valence electrons. The largest absolute Gasteiger partial charge is 0.483 e. The maximum Gasteiger partial charge on any atom is 0.228 e. The monoisotopic (exact) mass is 527 g/mol. The standard InChI is InChI=1S/C33H29N5O2/c1-20(2)31-30(23-9-5-4-6-10-23)27-18-24(25-11-7-8-12-26(25)33-35-37-38-36-33)19-28(32(27)40-31)34-29(39)17-22-15-13-21(3)14-16-22/h4-16,18-19,30-31H,1,17H2,2-3H3,(H,34,39)(H,35,36,37,38)/t30-,31+/m0/s1. The average Bonchev–Trinajstić information content (AvgIpc) is 3.64. The molecule has 1 aliphatic heterocycles. The number of carbonyl (C=O) groups excluding carboxylic acids is 1. The Balaban J connectivity index is 1.48. The molecule has 4 aromatic carbocycles. The van der Waals surface area contributed by atoms with E-state index in [9.17, 15) is 4.79 Å². The van der Waals surface area contributed by atoms with Gasteiger partial charge in [0.15, 0.2) is 0 Å². The number of nitrogens with zero attached hydrogens (tertiary/aromatic N) is 3. The van der Waals surface area contributed by atoms with Gasteiger partial charge in [-0.15, -0.1) is 10.2 Å². The molecule has 6 rings (SSSR count). The molecule has 0 spiro atoms. The number of aromatic amines is 1. The molecule has 1 aliphatic rings. The summed E-state index contributed by atoms with van der Waals surface area (Å²) < 4.78 is 6.57. The highest BCUT2D eigenvalue weighted by atomic mass is 16.5. The number of hydrogen-bond acceptors (Lipinski definition) is 5. The topological polar surface area (TPSA) is 92.8 Å². The molecule has 2 N–H and O–H groups in total. The summed E-state index contributed by atoms with van der Waals surface area (Å²) in [5.41, 5.74) is 8.41.